The first-order chi connectivity index (χ1) is 21.0. The number of methoxy groups -OCH3 is 1. The Labute approximate surface area is 247 Å². The molecule has 2 atom stereocenters. The Morgan fingerprint density at radius 2 is 1.95 bits per heavy atom. The molecule has 1 fully saturated rings. The first kappa shape index (κ1) is 28.0. The molecule has 0 aliphatic carbocycles. The molecule has 0 saturated carbocycles. The molecule has 0 bridgehead atoms. The van der Waals surface area contributed by atoms with Gasteiger partial charge in [-0.2, -0.15) is 0 Å². The Kier molecular flexibility index (Phi) is 8.05. The van der Waals surface area contributed by atoms with Crippen molar-refractivity contribution >= 4 is 28.5 Å². The Hall–Kier alpha value is -5.17. The van der Waals surface area contributed by atoms with E-state index in [1.807, 2.05) is 43.3 Å². The highest BCUT2D eigenvalue weighted by Gasteiger charge is 2.34. The predicted molar refractivity (Wildman–Crippen MR) is 157 cm³/mol. The van der Waals surface area contributed by atoms with Crippen molar-refractivity contribution in [1.29, 1.82) is 0 Å². The Morgan fingerprint density at radius 3 is 2.67 bits per heavy atom. The Balaban J connectivity index is 1.42. The highest BCUT2D eigenvalue weighted by Crippen LogP contribution is 2.32. The Bertz CT molecular complexity index is 1710. The minimum atomic E-state index is -1.01. The SMILES string of the molecule is COc1ccc([C@@H](C(=O)NC[C@@H]2CCCO2)N(C(=O)Cn2nnc3ccccc32)c2ccc(-n3cnnn3)c(C)c2)cc1. The number of rotatable bonds is 10. The van der Waals surface area contributed by atoms with E-state index in [4.69, 9.17) is 9.47 Å². The molecule has 1 N–H and O–H groups in total. The molecule has 2 amide bonds. The second-order valence-electron chi connectivity index (χ2n) is 10.3. The zero-order valence-corrected chi connectivity index (χ0v) is 23.8. The summed E-state index contributed by atoms with van der Waals surface area (Å²) >= 11 is 0. The van der Waals surface area contributed by atoms with Crippen molar-refractivity contribution in [3.8, 4) is 11.4 Å². The van der Waals surface area contributed by atoms with Gasteiger partial charge in [-0.15, -0.1) is 10.2 Å². The highest BCUT2D eigenvalue weighted by atomic mass is 16.5. The summed E-state index contributed by atoms with van der Waals surface area (Å²) in [5.74, 6) is -0.0474. The van der Waals surface area contributed by atoms with E-state index >= 15 is 0 Å². The number of amides is 2. The van der Waals surface area contributed by atoms with Gasteiger partial charge in [0.1, 0.15) is 30.2 Å². The van der Waals surface area contributed by atoms with Gasteiger partial charge in [0.05, 0.1) is 24.4 Å². The number of carbonyl (C=O) groups is 2. The number of fused-ring (bicyclic) bond motifs is 1. The lowest BCUT2D eigenvalue weighted by atomic mass is 10.0. The minimum Gasteiger partial charge on any atom is -0.497 e. The first-order valence-electron chi connectivity index (χ1n) is 14.0. The second-order valence-corrected chi connectivity index (χ2v) is 10.3. The van der Waals surface area contributed by atoms with Crippen LogP contribution in [0.2, 0.25) is 0 Å². The van der Waals surface area contributed by atoms with E-state index in [2.05, 4.69) is 31.2 Å². The summed E-state index contributed by atoms with van der Waals surface area (Å²) in [5, 5.41) is 22.9. The molecular formula is C30H31N9O4. The predicted octanol–water partition coefficient (Wildman–Crippen LogP) is 2.79. The van der Waals surface area contributed by atoms with E-state index in [0.717, 1.165) is 24.1 Å². The van der Waals surface area contributed by atoms with Crippen LogP contribution in [0, 0.1) is 6.92 Å². The van der Waals surface area contributed by atoms with Crippen molar-refractivity contribution in [2.24, 2.45) is 0 Å². The van der Waals surface area contributed by atoms with Gasteiger partial charge < -0.3 is 14.8 Å². The number of aromatic nitrogens is 7. The van der Waals surface area contributed by atoms with Crippen molar-refractivity contribution in [3.05, 3.63) is 84.2 Å². The molecule has 0 radical (unpaired) electrons. The fraction of sp³-hybridized carbons (Fsp3) is 0.300. The van der Waals surface area contributed by atoms with Gasteiger partial charge in [0.15, 0.2) is 0 Å². The largest absolute Gasteiger partial charge is 0.497 e. The van der Waals surface area contributed by atoms with Gasteiger partial charge in [-0.25, -0.2) is 9.36 Å². The zero-order chi connectivity index (χ0) is 29.8. The van der Waals surface area contributed by atoms with Crippen LogP contribution in [0.5, 0.6) is 5.75 Å². The van der Waals surface area contributed by atoms with Crippen molar-refractivity contribution in [1.82, 2.24) is 40.5 Å². The maximum Gasteiger partial charge on any atom is 0.249 e. The number of ether oxygens (including phenoxy) is 2. The minimum absolute atomic E-state index is 0.0658. The van der Waals surface area contributed by atoms with Crippen molar-refractivity contribution < 1.29 is 19.1 Å². The van der Waals surface area contributed by atoms with E-state index in [-0.39, 0.29) is 24.5 Å². The summed E-state index contributed by atoms with van der Waals surface area (Å²) in [5.41, 5.74) is 4.07. The molecule has 13 heteroatoms. The molecule has 13 nitrogen and oxygen atoms in total. The average molecular weight is 582 g/mol. The molecule has 5 aromatic rings. The third-order valence-corrected chi connectivity index (χ3v) is 7.49. The van der Waals surface area contributed by atoms with E-state index in [0.29, 0.717) is 41.2 Å². The lowest BCUT2D eigenvalue weighted by Gasteiger charge is -2.32. The van der Waals surface area contributed by atoms with Gasteiger partial charge >= 0.3 is 0 Å². The summed E-state index contributed by atoms with van der Waals surface area (Å²) < 4.78 is 14.2. The van der Waals surface area contributed by atoms with E-state index in [1.165, 1.54) is 11.2 Å². The number of anilines is 1. The maximum absolute atomic E-state index is 14.4. The summed E-state index contributed by atoms with van der Waals surface area (Å²) in [4.78, 5) is 29.9. The fourth-order valence-corrected chi connectivity index (χ4v) is 5.31. The number of nitrogens with zero attached hydrogens (tertiary/aromatic N) is 8. The summed E-state index contributed by atoms with van der Waals surface area (Å²) in [6.07, 6.45) is 3.25. The first-order valence-corrected chi connectivity index (χ1v) is 14.0. The molecule has 3 aromatic carbocycles. The molecular weight excluding hydrogens is 550 g/mol. The number of hydrogen-bond acceptors (Lipinski definition) is 9. The molecule has 3 heterocycles. The maximum atomic E-state index is 14.4. The van der Waals surface area contributed by atoms with Crippen LogP contribution in [-0.4, -0.2) is 73.4 Å². The van der Waals surface area contributed by atoms with E-state index < -0.39 is 6.04 Å². The molecule has 0 spiro atoms. The van der Waals surface area contributed by atoms with Crippen LogP contribution in [0.15, 0.2) is 73.1 Å². The monoisotopic (exact) mass is 581 g/mol. The summed E-state index contributed by atoms with van der Waals surface area (Å²) in [7, 11) is 1.58. The van der Waals surface area contributed by atoms with Gasteiger partial charge in [-0.1, -0.05) is 29.5 Å². The Morgan fingerprint density at radius 1 is 1.12 bits per heavy atom. The van der Waals surface area contributed by atoms with Crippen molar-refractivity contribution in [2.45, 2.75) is 38.5 Å². The summed E-state index contributed by atoms with van der Waals surface area (Å²) in [6, 6.07) is 19.0. The van der Waals surface area contributed by atoms with E-state index in [1.54, 1.807) is 46.8 Å². The standard InChI is InChI=1S/C30H31N9O4/c1-20-16-22(11-14-26(20)38-19-32-34-36-38)39(28(40)18-37-27-8-4-3-7-25(27)33-35-37)29(21-9-12-23(42-2)13-10-21)30(41)31-17-24-6-5-15-43-24/h3-4,7-14,16,19,24,29H,5-6,15,17-18H2,1-2H3,(H,31,41)/t24-,29-/m0/s1. The molecule has 1 saturated heterocycles. The van der Waals surface area contributed by atoms with Crippen molar-refractivity contribution in [2.75, 3.05) is 25.2 Å². The highest BCUT2D eigenvalue weighted by molar-refractivity contribution is 6.01. The smallest absolute Gasteiger partial charge is 0.249 e. The summed E-state index contributed by atoms with van der Waals surface area (Å²) in [6.45, 7) is 2.78. The quantitative estimate of drug-likeness (QED) is 0.263. The molecule has 1 aliphatic rings. The van der Waals surface area contributed by atoms with Gasteiger partial charge in [0.25, 0.3) is 0 Å². The lowest BCUT2D eigenvalue weighted by molar-refractivity contribution is -0.127. The second kappa shape index (κ2) is 12.4. The molecule has 43 heavy (non-hydrogen) atoms. The van der Waals surface area contributed by atoms with E-state index in [9.17, 15) is 9.59 Å². The normalized spacial score (nSPS) is 15.3. The number of benzene rings is 3. The van der Waals surface area contributed by atoms with Crippen LogP contribution in [0.25, 0.3) is 16.7 Å². The van der Waals surface area contributed by atoms with Crippen LogP contribution in [0.1, 0.15) is 30.0 Å². The number of carbonyl (C=O) groups excluding carboxylic acids is 2. The van der Waals surface area contributed by atoms with Gasteiger partial charge in [0.2, 0.25) is 11.8 Å². The average Bonchev–Trinajstić information content (AvgIpc) is 3.82. The van der Waals surface area contributed by atoms with Gasteiger partial charge in [0, 0.05) is 18.8 Å². The number of hydrogen-bond donors (Lipinski definition) is 1. The van der Waals surface area contributed by atoms with Crippen LogP contribution in [0.4, 0.5) is 5.69 Å². The van der Waals surface area contributed by atoms with Crippen LogP contribution in [-0.2, 0) is 20.9 Å². The molecule has 1 aliphatic heterocycles. The van der Waals surface area contributed by atoms with Gasteiger partial charge in [-0.3, -0.25) is 14.5 Å². The van der Waals surface area contributed by atoms with Crippen LogP contribution < -0.4 is 15.0 Å². The van der Waals surface area contributed by atoms with Gasteiger partial charge in [-0.05, 0) is 83.8 Å². The number of tetrazole rings is 1. The van der Waals surface area contributed by atoms with Crippen molar-refractivity contribution in [3.63, 3.8) is 0 Å². The molecule has 6 rings (SSSR count). The third-order valence-electron chi connectivity index (χ3n) is 7.49. The third kappa shape index (κ3) is 5.93. The molecule has 2 aromatic heterocycles. The number of para-hydroxylation sites is 1. The van der Waals surface area contributed by atoms with Crippen LogP contribution in [0.3, 0.4) is 0 Å². The zero-order valence-electron chi connectivity index (χ0n) is 23.8. The molecule has 0 unspecified atom stereocenters. The van der Waals surface area contributed by atoms with Crippen LogP contribution >= 0.6 is 0 Å². The number of aryl methyl sites for hydroxylation is 1. The fourth-order valence-electron chi connectivity index (χ4n) is 5.31. The topological polar surface area (TPSA) is 142 Å². The molecule has 220 valence electrons. The lowest BCUT2D eigenvalue weighted by Crippen LogP contribution is -2.46. The number of nitrogens with one attached hydrogen (secondary N) is 1.